The Balaban J connectivity index is 0.00000504. The molecular weight excluding hydrogens is 704 g/mol. The number of fused-ring (bicyclic) bond motifs is 1. The second-order valence-corrected chi connectivity index (χ2v) is 13.0. The van der Waals surface area contributed by atoms with Gasteiger partial charge in [0.15, 0.2) is 11.2 Å². The van der Waals surface area contributed by atoms with Gasteiger partial charge in [-0.3, -0.25) is 19.8 Å². The summed E-state index contributed by atoms with van der Waals surface area (Å²) >= 11 is 2.34. The van der Waals surface area contributed by atoms with Crippen LogP contribution in [0.5, 0.6) is 0 Å². The number of carboxylic acid groups (broad SMARTS) is 1. The van der Waals surface area contributed by atoms with Crippen LogP contribution in [0.2, 0.25) is 0 Å². The molecular formula is C36H29N4NaO8S2. The van der Waals surface area contributed by atoms with Crippen molar-refractivity contribution in [2.75, 3.05) is 11.1 Å². The summed E-state index contributed by atoms with van der Waals surface area (Å²) < 4.78 is 11.2. The van der Waals surface area contributed by atoms with Crippen LogP contribution in [0.15, 0.2) is 114 Å². The molecule has 2 atom stereocenters. The number of esters is 1. The maximum atomic E-state index is 13.6. The topological polar surface area (TPSA) is 167 Å². The number of rotatable bonds is 12. The summed E-state index contributed by atoms with van der Waals surface area (Å²) in [6, 6.07) is 26.6. The summed E-state index contributed by atoms with van der Waals surface area (Å²) in [6.45, 7) is 0.0327. The van der Waals surface area contributed by atoms with Gasteiger partial charge < -0.3 is 24.7 Å². The largest absolute Gasteiger partial charge is 1.00 e. The number of hydrogen-bond acceptors (Lipinski definition) is 11. The molecule has 3 amide bonds. The Labute approximate surface area is 323 Å². The fourth-order valence-corrected chi connectivity index (χ4v) is 7.19. The molecule has 6 rings (SSSR count). The Morgan fingerprint density at radius 1 is 0.961 bits per heavy atom. The number of hydrogen-bond donors (Lipinski definition) is 2. The van der Waals surface area contributed by atoms with Crippen LogP contribution in [0.25, 0.3) is 5.57 Å². The van der Waals surface area contributed by atoms with Crippen LogP contribution in [-0.2, 0) is 35.3 Å². The van der Waals surface area contributed by atoms with Crippen molar-refractivity contribution in [3.05, 3.63) is 137 Å². The molecule has 2 aliphatic rings. The number of anilines is 1. The molecule has 51 heavy (non-hydrogen) atoms. The minimum absolute atomic E-state index is 0. The fraction of sp³-hybridized carbons (Fsp3) is 0.167. The number of nitrogens with zero attached hydrogens (tertiary/aromatic N) is 2. The first kappa shape index (κ1) is 37.5. The van der Waals surface area contributed by atoms with Crippen molar-refractivity contribution in [2.24, 2.45) is 0 Å². The van der Waals surface area contributed by atoms with E-state index in [1.165, 1.54) is 22.0 Å². The number of β-lactam (4-membered cyclic amide) rings is 1. The summed E-state index contributed by atoms with van der Waals surface area (Å²) in [5, 5.41) is 17.4. The summed E-state index contributed by atoms with van der Waals surface area (Å²) in [6.07, 6.45) is 0.656. The monoisotopic (exact) mass is 732 g/mol. The number of thioether (sulfide) groups is 1. The molecule has 3 aromatic carbocycles. The standard InChI is InChI=1S/C36H30N4O8S2.Na/c41-28(42)17-16-25(26-21-50-35(37-26)39-36(46)47-20-22-10-4-1-5-11-22)31(43)38-29-32(44)40-27(18-19-49-33(29)40)34(45)48-30(23-12-6-2-7-13-23)24-14-8-3-9-15-24;/h1-16,18,21,29-30,33H,17,19-20H2,(H,38,43)(H,41,42)(H,37,39,46);/q;+1/p-1/t29-,33+;/m1./s1. The molecule has 1 fully saturated rings. The van der Waals surface area contributed by atoms with Gasteiger partial charge >= 0.3 is 41.6 Å². The second kappa shape index (κ2) is 17.5. The zero-order valence-corrected chi connectivity index (χ0v) is 30.9. The zero-order valence-electron chi connectivity index (χ0n) is 27.2. The normalized spacial score (nSPS) is 16.5. The Morgan fingerprint density at radius 2 is 1.59 bits per heavy atom. The van der Waals surface area contributed by atoms with Crippen LogP contribution in [0.4, 0.5) is 9.93 Å². The molecule has 0 unspecified atom stereocenters. The minimum atomic E-state index is -1.43. The van der Waals surface area contributed by atoms with Gasteiger partial charge in [0.1, 0.15) is 23.7 Å². The van der Waals surface area contributed by atoms with Crippen LogP contribution in [0.1, 0.15) is 34.9 Å². The van der Waals surface area contributed by atoms with Crippen LogP contribution < -0.4 is 45.3 Å². The fourth-order valence-electron chi connectivity index (χ4n) is 5.30. The molecule has 3 heterocycles. The van der Waals surface area contributed by atoms with E-state index in [4.69, 9.17) is 9.47 Å². The molecule has 1 saturated heterocycles. The maximum absolute atomic E-state index is 13.6. The van der Waals surface area contributed by atoms with Crippen molar-refractivity contribution < 1.29 is 68.1 Å². The first-order valence-corrected chi connectivity index (χ1v) is 17.3. The quantitative estimate of drug-likeness (QED) is 0.0930. The van der Waals surface area contributed by atoms with Crippen LogP contribution >= 0.6 is 23.1 Å². The molecule has 0 bridgehead atoms. The first-order valence-electron chi connectivity index (χ1n) is 15.4. The Bertz CT molecular complexity index is 1920. The van der Waals surface area contributed by atoms with Crippen molar-refractivity contribution >= 4 is 63.6 Å². The summed E-state index contributed by atoms with van der Waals surface area (Å²) in [4.78, 5) is 69.7. The van der Waals surface area contributed by atoms with Gasteiger partial charge in [-0.2, -0.15) is 0 Å². The third kappa shape index (κ3) is 9.15. The van der Waals surface area contributed by atoms with Gasteiger partial charge in [-0.15, -0.1) is 23.1 Å². The van der Waals surface area contributed by atoms with Gasteiger partial charge in [0.05, 0.1) is 11.3 Å². The van der Waals surface area contributed by atoms with Crippen molar-refractivity contribution in [3.63, 3.8) is 0 Å². The summed E-state index contributed by atoms with van der Waals surface area (Å²) in [7, 11) is 0. The van der Waals surface area contributed by atoms with Crippen LogP contribution in [0.3, 0.4) is 0 Å². The second-order valence-electron chi connectivity index (χ2n) is 11.0. The van der Waals surface area contributed by atoms with E-state index >= 15 is 0 Å². The van der Waals surface area contributed by atoms with Crippen molar-refractivity contribution in [1.82, 2.24) is 15.2 Å². The first-order chi connectivity index (χ1) is 24.3. The summed E-state index contributed by atoms with van der Waals surface area (Å²) in [5.74, 6) is -3.04. The van der Waals surface area contributed by atoms with Crippen LogP contribution in [-0.4, -0.2) is 56.9 Å². The molecule has 2 N–H and O–H groups in total. The Kier molecular flexibility index (Phi) is 12.9. The zero-order chi connectivity index (χ0) is 35.0. The van der Waals surface area contributed by atoms with E-state index in [1.807, 2.05) is 78.9 Å². The number of aliphatic carboxylic acids is 1. The average Bonchev–Trinajstić information content (AvgIpc) is 3.60. The van der Waals surface area contributed by atoms with E-state index in [0.717, 1.165) is 34.1 Å². The average molecular weight is 733 g/mol. The number of thiazole rings is 1. The predicted octanol–water partition coefficient (Wildman–Crippen LogP) is 1.04. The van der Waals surface area contributed by atoms with Gasteiger partial charge in [0, 0.05) is 23.5 Å². The third-order valence-corrected chi connectivity index (χ3v) is 9.63. The number of carbonyl (C=O) groups is 5. The molecule has 1 aromatic heterocycles. The molecule has 12 nitrogen and oxygen atoms in total. The van der Waals surface area contributed by atoms with Crippen molar-refractivity contribution in [1.29, 1.82) is 0 Å². The third-order valence-electron chi connectivity index (χ3n) is 7.69. The van der Waals surface area contributed by atoms with E-state index in [-0.39, 0.29) is 58.3 Å². The summed E-state index contributed by atoms with van der Waals surface area (Å²) in [5.41, 5.74) is 2.32. The molecule has 0 saturated carbocycles. The van der Waals surface area contributed by atoms with E-state index in [1.54, 1.807) is 18.2 Å². The predicted molar refractivity (Wildman–Crippen MR) is 184 cm³/mol. The van der Waals surface area contributed by atoms with Crippen molar-refractivity contribution in [2.45, 2.75) is 30.5 Å². The number of carboxylic acids is 1. The smallest absolute Gasteiger partial charge is 0.550 e. The number of nitrogens with one attached hydrogen (secondary N) is 2. The maximum Gasteiger partial charge on any atom is 1.00 e. The molecule has 0 spiro atoms. The van der Waals surface area contributed by atoms with Gasteiger partial charge in [0.25, 0.3) is 11.8 Å². The van der Waals surface area contributed by atoms with Crippen molar-refractivity contribution in [3.8, 4) is 0 Å². The molecule has 0 aliphatic carbocycles. The van der Waals surface area contributed by atoms with Gasteiger partial charge in [-0.1, -0.05) is 97.1 Å². The molecule has 2 aliphatic heterocycles. The number of benzene rings is 3. The molecule has 4 aromatic rings. The molecule has 254 valence electrons. The number of ether oxygens (including phenoxy) is 2. The van der Waals surface area contributed by atoms with E-state index in [0.29, 0.717) is 5.75 Å². The van der Waals surface area contributed by atoms with Gasteiger partial charge in [-0.05, 0) is 22.8 Å². The molecule has 15 heteroatoms. The minimum Gasteiger partial charge on any atom is -0.550 e. The molecule has 0 radical (unpaired) electrons. The van der Waals surface area contributed by atoms with E-state index in [2.05, 4.69) is 15.6 Å². The Morgan fingerprint density at radius 3 is 2.22 bits per heavy atom. The SMILES string of the molecule is O=C([O-])CC=C(C(=O)N[C@@H]1C(=O)N2C(C(=O)OC(c3ccccc3)c3ccccc3)=CCS[C@@H]12)c1csc(NC(=O)OCc2ccccc2)n1.[Na+]. The number of amides is 3. The van der Waals surface area contributed by atoms with Gasteiger partial charge in [0.2, 0.25) is 0 Å². The Hall–Kier alpha value is -4.73. The van der Waals surface area contributed by atoms with E-state index < -0.39 is 53.8 Å². The van der Waals surface area contributed by atoms with Gasteiger partial charge in [-0.25, -0.2) is 14.6 Å². The number of carbonyl (C=O) groups excluding carboxylic acids is 5. The van der Waals surface area contributed by atoms with Crippen LogP contribution in [0, 0.1) is 0 Å². The van der Waals surface area contributed by atoms with E-state index in [9.17, 15) is 29.1 Å². The number of aromatic nitrogens is 1.